The second kappa shape index (κ2) is 10.2. The number of carbonyl (C=O) groups is 2. The first-order valence-electron chi connectivity index (χ1n) is 9.61. The van der Waals surface area contributed by atoms with Crippen molar-refractivity contribution >= 4 is 34.0 Å². The van der Waals surface area contributed by atoms with E-state index in [1.807, 2.05) is 18.2 Å². The van der Waals surface area contributed by atoms with E-state index >= 15 is 0 Å². The van der Waals surface area contributed by atoms with Gasteiger partial charge in [0.1, 0.15) is 11.5 Å². The number of hydrazone groups is 1. The van der Waals surface area contributed by atoms with E-state index in [0.29, 0.717) is 43.0 Å². The molecule has 8 heteroatoms. The van der Waals surface area contributed by atoms with Gasteiger partial charge in [-0.15, -0.1) is 0 Å². The van der Waals surface area contributed by atoms with Crippen LogP contribution in [0.5, 0.6) is 11.5 Å². The zero-order chi connectivity index (χ0) is 21.5. The van der Waals surface area contributed by atoms with Crippen molar-refractivity contribution < 1.29 is 19.1 Å². The van der Waals surface area contributed by atoms with Gasteiger partial charge in [-0.05, 0) is 55.3 Å². The summed E-state index contributed by atoms with van der Waals surface area (Å²) in [5.74, 6) is 1.03. The van der Waals surface area contributed by atoms with E-state index < -0.39 is 0 Å². The molecule has 0 unspecified atom stereocenters. The molecule has 1 saturated heterocycles. The Bertz CT molecular complexity index is 922. The van der Waals surface area contributed by atoms with Crippen molar-refractivity contribution in [3.63, 3.8) is 0 Å². The maximum absolute atomic E-state index is 12.6. The lowest BCUT2D eigenvalue weighted by atomic mass is 9.95. The minimum absolute atomic E-state index is 0.0312. The molecule has 30 heavy (non-hydrogen) atoms. The molecule has 0 spiro atoms. The fourth-order valence-corrected chi connectivity index (χ4v) is 3.70. The standard InChI is InChI=1S/C22H24BrN3O4/c1-29-19-6-3-16(4-7-19)22(28)26-11-9-15(10-12-26)21(27)25-24-14-17-13-18(23)5-8-20(17)30-2/h3-8,13-15H,9-12H2,1-2H3,(H,25,27)/b24-14-. The lowest BCUT2D eigenvalue weighted by Crippen LogP contribution is -2.42. The topological polar surface area (TPSA) is 80.2 Å². The van der Waals surface area contributed by atoms with E-state index in [9.17, 15) is 9.59 Å². The molecule has 7 nitrogen and oxygen atoms in total. The summed E-state index contributed by atoms with van der Waals surface area (Å²) in [6.07, 6.45) is 2.76. The number of carbonyl (C=O) groups excluding carboxylic acids is 2. The number of hydrogen-bond acceptors (Lipinski definition) is 5. The average molecular weight is 474 g/mol. The summed E-state index contributed by atoms with van der Waals surface area (Å²) in [4.78, 5) is 26.9. The maximum Gasteiger partial charge on any atom is 0.253 e. The van der Waals surface area contributed by atoms with E-state index in [0.717, 1.165) is 10.0 Å². The Morgan fingerprint density at radius 1 is 1.10 bits per heavy atom. The molecule has 1 heterocycles. The van der Waals surface area contributed by atoms with E-state index in [4.69, 9.17) is 9.47 Å². The molecule has 1 fully saturated rings. The number of methoxy groups -OCH3 is 2. The van der Waals surface area contributed by atoms with Crippen LogP contribution in [0.2, 0.25) is 0 Å². The summed E-state index contributed by atoms with van der Waals surface area (Å²) >= 11 is 3.41. The minimum atomic E-state index is -0.175. The van der Waals surface area contributed by atoms with Crippen molar-refractivity contribution in [3.05, 3.63) is 58.1 Å². The van der Waals surface area contributed by atoms with Crippen LogP contribution < -0.4 is 14.9 Å². The minimum Gasteiger partial charge on any atom is -0.497 e. The van der Waals surface area contributed by atoms with Gasteiger partial charge in [0, 0.05) is 34.6 Å². The molecule has 1 aliphatic heterocycles. The van der Waals surface area contributed by atoms with Gasteiger partial charge in [0.2, 0.25) is 5.91 Å². The summed E-state index contributed by atoms with van der Waals surface area (Å²) in [6.45, 7) is 1.07. The summed E-state index contributed by atoms with van der Waals surface area (Å²) in [5.41, 5.74) is 3.98. The third-order valence-corrected chi connectivity index (χ3v) is 5.55. The molecule has 158 valence electrons. The van der Waals surface area contributed by atoms with Crippen molar-refractivity contribution in [1.82, 2.24) is 10.3 Å². The third kappa shape index (κ3) is 5.38. The lowest BCUT2D eigenvalue weighted by molar-refractivity contribution is -0.126. The zero-order valence-electron chi connectivity index (χ0n) is 16.9. The smallest absolute Gasteiger partial charge is 0.253 e. The van der Waals surface area contributed by atoms with E-state index in [1.54, 1.807) is 49.6 Å². The van der Waals surface area contributed by atoms with Crippen LogP contribution in [0.1, 0.15) is 28.8 Å². The van der Waals surface area contributed by atoms with Crippen LogP contribution in [0.15, 0.2) is 52.0 Å². The number of hydrogen-bond donors (Lipinski definition) is 1. The lowest BCUT2D eigenvalue weighted by Gasteiger charge is -2.31. The van der Waals surface area contributed by atoms with Crippen molar-refractivity contribution in [2.75, 3.05) is 27.3 Å². The van der Waals surface area contributed by atoms with E-state index in [2.05, 4.69) is 26.5 Å². The molecular formula is C22H24BrN3O4. The van der Waals surface area contributed by atoms with Crippen LogP contribution in [0, 0.1) is 5.92 Å². The highest BCUT2D eigenvalue weighted by molar-refractivity contribution is 9.10. The molecule has 2 aromatic rings. The predicted molar refractivity (Wildman–Crippen MR) is 118 cm³/mol. The third-order valence-electron chi connectivity index (χ3n) is 5.06. The van der Waals surface area contributed by atoms with Crippen LogP contribution in [0.25, 0.3) is 0 Å². The first-order chi connectivity index (χ1) is 14.5. The average Bonchev–Trinajstić information content (AvgIpc) is 2.79. The van der Waals surface area contributed by atoms with Gasteiger partial charge in [0.05, 0.1) is 20.4 Å². The van der Waals surface area contributed by atoms with E-state index in [1.165, 1.54) is 0 Å². The van der Waals surface area contributed by atoms with Gasteiger partial charge < -0.3 is 14.4 Å². The van der Waals surface area contributed by atoms with Crippen LogP contribution >= 0.6 is 15.9 Å². The second-order valence-corrected chi connectivity index (χ2v) is 7.83. The highest BCUT2D eigenvalue weighted by Gasteiger charge is 2.27. The van der Waals surface area contributed by atoms with Gasteiger partial charge in [-0.2, -0.15) is 5.10 Å². The van der Waals surface area contributed by atoms with Crippen LogP contribution in [0.4, 0.5) is 0 Å². The number of rotatable bonds is 6. The van der Waals surface area contributed by atoms with Crippen molar-refractivity contribution in [1.29, 1.82) is 0 Å². The summed E-state index contributed by atoms with van der Waals surface area (Å²) < 4.78 is 11.3. The SMILES string of the molecule is COc1ccc(C(=O)N2CCC(C(=O)N/N=C\c3cc(Br)ccc3OC)CC2)cc1. The molecule has 0 saturated carbocycles. The number of likely N-dealkylation sites (tertiary alicyclic amines) is 1. The van der Waals surface area contributed by atoms with Gasteiger partial charge in [-0.1, -0.05) is 15.9 Å². The summed E-state index contributed by atoms with van der Waals surface area (Å²) in [7, 11) is 3.17. The fraction of sp³-hybridized carbons (Fsp3) is 0.318. The largest absolute Gasteiger partial charge is 0.497 e. The summed E-state index contributed by atoms with van der Waals surface area (Å²) in [6, 6.07) is 12.6. The van der Waals surface area contributed by atoms with Crippen LogP contribution in [-0.4, -0.2) is 50.2 Å². The molecule has 0 radical (unpaired) electrons. The number of benzene rings is 2. The number of nitrogens with one attached hydrogen (secondary N) is 1. The predicted octanol–water partition coefficient (Wildman–Crippen LogP) is 3.47. The Kier molecular flexibility index (Phi) is 7.46. The Morgan fingerprint density at radius 2 is 1.80 bits per heavy atom. The second-order valence-electron chi connectivity index (χ2n) is 6.92. The Hall–Kier alpha value is -2.87. The molecule has 2 aromatic carbocycles. The van der Waals surface area contributed by atoms with Crippen molar-refractivity contribution in [3.8, 4) is 11.5 Å². The number of ether oxygens (including phenoxy) is 2. The number of piperidine rings is 1. The maximum atomic E-state index is 12.6. The number of halogens is 1. The molecule has 0 bridgehead atoms. The van der Waals surface area contributed by atoms with Gasteiger partial charge in [0.15, 0.2) is 0 Å². The van der Waals surface area contributed by atoms with Crippen LogP contribution in [0.3, 0.4) is 0 Å². The van der Waals surface area contributed by atoms with Gasteiger partial charge in [-0.25, -0.2) is 5.43 Å². The monoisotopic (exact) mass is 473 g/mol. The van der Waals surface area contributed by atoms with Gasteiger partial charge >= 0.3 is 0 Å². The zero-order valence-corrected chi connectivity index (χ0v) is 18.5. The summed E-state index contributed by atoms with van der Waals surface area (Å²) in [5, 5.41) is 4.07. The quantitative estimate of drug-likeness (QED) is 0.514. The Balaban J connectivity index is 1.51. The normalized spacial score (nSPS) is 14.6. The number of nitrogens with zero attached hydrogens (tertiary/aromatic N) is 2. The molecule has 0 aromatic heterocycles. The molecule has 3 rings (SSSR count). The molecule has 2 amide bonds. The van der Waals surface area contributed by atoms with Crippen LogP contribution in [-0.2, 0) is 4.79 Å². The molecule has 1 aliphatic rings. The highest BCUT2D eigenvalue weighted by atomic mass is 79.9. The molecule has 1 N–H and O–H groups in total. The first-order valence-corrected chi connectivity index (χ1v) is 10.4. The number of amides is 2. The first kappa shape index (κ1) is 21.8. The molecular weight excluding hydrogens is 450 g/mol. The highest BCUT2D eigenvalue weighted by Crippen LogP contribution is 2.22. The fourth-order valence-electron chi connectivity index (χ4n) is 3.32. The molecule has 0 aliphatic carbocycles. The Labute approximate surface area is 184 Å². The van der Waals surface area contributed by atoms with Gasteiger partial charge in [0.25, 0.3) is 5.91 Å². The Morgan fingerprint density at radius 3 is 2.43 bits per heavy atom. The van der Waals surface area contributed by atoms with Crippen molar-refractivity contribution in [2.24, 2.45) is 11.0 Å². The molecule has 0 atom stereocenters. The van der Waals surface area contributed by atoms with E-state index in [-0.39, 0.29) is 17.7 Å². The van der Waals surface area contributed by atoms with Gasteiger partial charge in [-0.3, -0.25) is 9.59 Å². The van der Waals surface area contributed by atoms with Crippen molar-refractivity contribution in [2.45, 2.75) is 12.8 Å².